The lowest BCUT2D eigenvalue weighted by Gasteiger charge is -2.13. The standard InChI is InChI=1S/C20H23N5O4/c1-12-17(13(2)24(4)22-12)21-19(26)14(3)29-20(27)18-16(28-5)11-25(23-18)15-9-7-6-8-10-15/h6-11,14H,1-5H3,(H,21,26)/t14-/m0/s1. The maximum atomic E-state index is 12.6. The summed E-state index contributed by atoms with van der Waals surface area (Å²) in [6.07, 6.45) is 0.548. The molecule has 9 nitrogen and oxygen atoms in total. The van der Waals surface area contributed by atoms with Crippen LogP contribution in [0.3, 0.4) is 0 Å². The minimum Gasteiger partial charge on any atom is -0.493 e. The van der Waals surface area contributed by atoms with Gasteiger partial charge in [0.25, 0.3) is 5.91 Å². The molecule has 0 radical (unpaired) electrons. The Labute approximate surface area is 168 Å². The molecule has 0 saturated carbocycles. The Morgan fingerprint density at radius 1 is 1.14 bits per heavy atom. The Kier molecular flexibility index (Phi) is 5.67. The maximum absolute atomic E-state index is 12.6. The zero-order valence-corrected chi connectivity index (χ0v) is 17.0. The fourth-order valence-electron chi connectivity index (χ4n) is 2.81. The number of esters is 1. The van der Waals surface area contributed by atoms with Crippen LogP contribution in [0.2, 0.25) is 0 Å². The van der Waals surface area contributed by atoms with Crippen LogP contribution in [0.5, 0.6) is 5.75 Å². The third-order valence-electron chi connectivity index (χ3n) is 4.52. The van der Waals surface area contributed by atoms with E-state index in [1.54, 1.807) is 24.9 Å². The first-order valence-electron chi connectivity index (χ1n) is 9.03. The minimum absolute atomic E-state index is 0.00950. The van der Waals surface area contributed by atoms with Crippen molar-refractivity contribution in [2.24, 2.45) is 7.05 Å². The zero-order chi connectivity index (χ0) is 21.1. The van der Waals surface area contributed by atoms with Gasteiger partial charge in [-0.25, -0.2) is 9.48 Å². The van der Waals surface area contributed by atoms with Crippen molar-refractivity contribution in [1.82, 2.24) is 19.6 Å². The number of amides is 1. The van der Waals surface area contributed by atoms with Gasteiger partial charge in [-0.1, -0.05) is 18.2 Å². The Balaban J connectivity index is 1.74. The number of para-hydroxylation sites is 1. The van der Waals surface area contributed by atoms with Gasteiger partial charge in [0.2, 0.25) is 5.69 Å². The Bertz CT molecular complexity index is 1040. The molecule has 3 aromatic rings. The Morgan fingerprint density at radius 3 is 2.41 bits per heavy atom. The van der Waals surface area contributed by atoms with Crippen molar-refractivity contribution in [1.29, 1.82) is 0 Å². The monoisotopic (exact) mass is 397 g/mol. The highest BCUT2D eigenvalue weighted by Gasteiger charge is 2.26. The van der Waals surface area contributed by atoms with E-state index in [2.05, 4.69) is 15.5 Å². The lowest BCUT2D eigenvalue weighted by Crippen LogP contribution is -2.30. The second-order valence-corrected chi connectivity index (χ2v) is 6.53. The molecule has 1 atom stereocenters. The number of aryl methyl sites for hydroxylation is 2. The van der Waals surface area contributed by atoms with Crippen LogP contribution in [-0.4, -0.2) is 44.7 Å². The first-order chi connectivity index (χ1) is 13.8. The van der Waals surface area contributed by atoms with Gasteiger partial charge in [-0.05, 0) is 32.9 Å². The minimum atomic E-state index is -1.03. The molecule has 1 amide bonds. The van der Waals surface area contributed by atoms with Crippen molar-refractivity contribution >= 4 is 17.6 Å². The maximum Gasteiger partial charge on any atom is 0.363 e. The second-order valence-electron chi connectivity index (χ2n) is 6.53. The summed E-state index contributed by atoms with van der Waals surface area (Å²) in [6, 6.07) is 9.28. The van der Waals surface area contributed by atoms with Crippen LogP contribution >= 0.6 is 0 Å². The summed E-state index contributed by atoms with van der Waals surface area (Å²) in [6.45, 7) is 5.13. The molecule has 0 aliphatic heterocycles. The molecule has 152 valence electrons. The van der Waals surface area contributed by atoms with Crippen LogP contribution in [0.1, 0.15) is 28.8 Å². The summed E-state index contributed by atoms with van der Waals surface area (Å²) in [5, 5.41) is 11.3. The molecule has 1 N–H and O–H groups in total. The van der Waals surface area contributed by atoms with Gasteiger partial charge in [0.15, 0.2) is 11.9 Å². The molecule has 1 aromatic carbocycles. The molecule has 3 rings (SSSR count). The molecule has 0 aliphatic rings. The van der Waals surface area contributed by atoms with E-state index in [4.69, 9.17) is 9.47 Å². The molecule has 0 bridgehead atoms. The van der Waals surface area contributed by atoms with E-state index in [9.17, 15) is 9.59 Å². The van der Waals surface area contributed by atoms with Gasteiger partial charge in [-0.15, -0.1) is 0 Å². The SMILES string of the molecule is COc1cn(-c2ccccc2)nc1C(=O)O[C@@H](C)C(=O)Nc1c(C)nn(C)c1C. The van der Waals surface area contributed by atoms with Gasteiger partial charge in [-0.2, -0.15) is 10.2 Å². The molecular weight excluding hydrogens is 374 g/mol. The molecule has 9 heteroatoms. The second kappa shape index (κ2) is 8.17. The van der Waals surface area contributed by atoms with E-state index in [0.29, 0.717) is 11.4 Å². The van der Waals surface area contributed by atoms with E-state index in [0.717, 1.165) is 11.4 Å². The van der Waals surface area contributed by atoms with Gasteiger partial charge in [0.1, 0.15) is 0 Å². The van der Waals surface area contributed by atoms with Crippen molar-refractivity contribution < 1.29 is 19.1 Å². The number of rotatable bonds is 6. The highest BCUT2D eigenvalue weighted by molar-refractivity contribution is 5.98. The molecular formula is C20H23N5O4. The predicted octanol–water partition coefficient (Wildman–Crippen LogP) is 2.42. The molecule has 2 aromatic heterocycles. The first kappa shape index (κ1) is 20.1. The number of benzene rings is 1. The fraction of sp³-hybridized carbons (Fsp3) is 0.300. The van der Waals surface area contributed by atoms with E-state index < -0.39 is 18.0 Å². The molecule has 29 heavy (non-hydrogen) atoms. The van der Waals surface area contributed by atoms with Crippen molar-refractivity contribution in [3.8, 4) is 11.4 Å². The van der Waals surface area contributed by atoms with Crippen LogP contribution in [0.25, 0.3) is 5.69 Å². The Morgan fingerprint density at radius 2 is 1.83 bits per heavy atom. The molecule has 2 heterocycles. The average molecular weight is 397 g/mol. The van der Waals surface area contributed by atoms with Gasteiger partial charge < -0.3 is 14.8 Å². The summed E-state index contributed by atoms with van der Waals surface area (Å²) in [7, 11) is 3.23. The normalized spacial score (nSPS) is 11.8. The average Bonchev–Trinajstić information content (AvgIpc) is 3.25. The molecule has 0 aliphatic carbocycles. The fourth-order valence-corrected chi connectivity index (χ4v) is 2.81. The zero-order valence-electron chi connectivity index (χ0n) is 17.0. The smallest absolute Gasteiger partial charge is 0.363 e. The number of hydrogen-bond acceptors (Lipinski definition) is 6. The van der Waals surface area contributed by atoms with E-state index in [1.165, 1.54) is 18.7 Å². The number of carbonyl (C=O) groups excluding carboxylic acids is 2. The first-order valence-corrected chi connectivity index (χ1v) is 9.03. The van der Waals surface area contributed by atoms with Crippen LogP contribution in [0.15, 0.2) is 36.5 Å². The van der Waals surface area contributed by atoms with E-state index >= 15 is 0 Å². The number of aromatic nitrogens is 4. The molecule has 0 spiro atoms. The number of nitrogens with zero attached hydrogens (tertiary/aromatic N) is 4. The van der Waals surface area contributed by atoms with E-state index in [1.807, 2.05) is 37.3 Å². The van der Waals surface area contributed by atoms with Gasteiger partial charge in [0.05, 0.1) is 36.1 Å². The van der Waals surface area contributed by atoms with E-state index in [-0.39, 0.29) is 11.4 Å². The third-order valence-corrected chi connectivity index (χ3v) is 4.52. The topological polar surface area (TPSA) is 100 Å². The highest BCUT2D eigenvalue weighted by atomic mass is 16.6. The van der Waals surface area contributed by atoms with Crippen LogP contribution in [0, 0.1) is 13.8 Å². The lowest BCUT2D eigenvalue weighted by atomic mass is 10.3. The number of hydrogen-bond donors (Lipinski definition) is 1. The summed E-state index contributed by atoms with van der Waals surface area (Å²) < 4.78 is 13.7. The number of anilines is 1. The van der Waals surface area contributed by atoms with Gasteiger partial charge in [-0.3, -0.25) is 9.48 Å². The summed E-state index contributed by atoms with van der Waals surface area (Å²) in [5.74, 6) is -0.955. The number of ether oxygens (including phenoxy) is 2. The molecule has 0 unspecified atom stereocenters. The summed E-state index contributed by atoms with van der Waals surface area (Å²) >= 11 is 0. The van der Waals surface area contributed by atoms with Gasteiger partial charge >= 0.3 is 5.97 Å². The number of nitrogens with one attached hydrogen (secondary N) is 1. The van der Waals surface area contributed by atoms with Crippen LogP contribution < -0.4 is 10.1 Å². The summed E-state index contributed by atoms with van der Waals surface area (Å²) in [5.41, 5.74) is 2.84. The number of carbonyl (C=O) groups is 2. The largest absolute Gasteiger partial charge is 0.493 e. The van der Waals surface area contributed by atoms with Crippen LogP contribution in [0.4, 0.5) is 5.69 Å². The van der Waals surface area contributed by atoms with Crippen molar-refractivity contribution in [3.63, 3.8) is 0 Å². The molecule has 0 fully saturated rings. The van der Waals surface area contributed by atoms with Crippen molar-refractivity contribution in [3.05, 3.63) is 53.6 Å². The Hall–Kier alpha value is -3.62. The lowest BCUT2D eigenvalue weighted by molar-refractivity contribution is -0.123. The molecule has 0 saturated heterocycles. The summed E-state index contributed by atoms with van der Waals surface area (Å²) in [4.78, 5) is 25.1. The van der Waals surface area contributed by atoms with Crippen LogP contribution in [-0.2, 0) is 16.6 Å². The van der Waals surface area contributed by atoms with Crippen molar-refractivity contribution in [2.45, 2.75) is 26.9 Å². The predicted molar refractivity (Wildman–Crippen MR) is 106 cm³/mol. The third kappa shape index (κ3) is 4.13. The number of methoxy groups -OCH3 is 1. The quantitative estimate of drug-likeness (QED) is 0.641. The van der Waals surface area contributed by atoms with Crippen molar-refractivity contribution in [2.75, 3.05) is 12.4 Å². The van der Waals surface area contributed by atoms with Gasteiger partial charge in [0, 0.05) is 7.05 Å². The highest BCUT2D eigenvalue weighted by Crippen LogP contribution is 2.22.